The lowest BCUT2D eigenvalue weighted by Crippen LogP contribution is -2.00. The van der Waals surface area contributed by atoms with Gasteiger partial charge in [0.2, 0.25) is 5.88 Å². The summed E-state index contributed by atoms with van der Waals surface area (Å²) in [5, 5.41) is 9.04. The third-order valence-electron chi connectivity index (χ3n) is 2.10. The molecule has 0 atom stereocenters. The number of aryl methyl sites for hydroxylation is 2. The lowest BCUT2D eigenvalue weighted by Gasteiger charge is -2.09. The molecule has 13 heavy (non-hydrogen) atoms. The fourth-order valence-corrected chi connectivity index (χ4v) is 1.32. The first-order valence-electron chi connectivity index (χ1n) is 4.37. The highest BCUT2D eigenvalue weighted by Crippen LogP contribution is 2.19. The summed E-state index contributed by atoms with van der Waals surface area (Å²) in [6.45, 7) is 3.99. The van der Waals surface area contributed by atoms with Gasteiger partial charge in [-0.05, 0) is 25.0 Å². The zero-order valence-corrected chi connectivity index (χ0v) is 8.29. The first kappa shape index (κ1) is 9.99. The lowest BCUT2D eigenvalue weighted by atomic mass is 10.1. The van der Waals surface area contributed by atoms with E-state index in [1.807, 2.05) is 13.0 Å². The van der Waals surface area contributed by atoms with E-state index in [4.69, 9.17) is 9.84 Å². The third-order valence-corrected chi connectivity index (χ3v) is 2.10. The summed E-state index contributed by atoms with van der Waals surface area (Å²) in [6, 6.07) is 1.95. The second-order valence-electron chi connectivity index (χ2n) is 2.91. The summed E-state index contributed by atoms with van der Waals surface area (Å²) in [7, 11) is 1.56. The summed E-state index contributed by atoms with van der Waals surface area (Å²) < 4.78 is 5.05. The molecule has 0 saturated heterocycles. The number of aromatic nitrogens is 1. The molecule has 1 N–H and O–H groups in total. The van der Waals surface area contributed by atoms with E-state index in [1.54, 1.807) is 7.11 Å². The second kappa shape index (κ2) is 4.23. The van der Waals surface area contributed by atoms with Crippen molar-refractivity contribution >= 4 is 0 Å². The molecule has 1 aromatic rings. The van der Waals surface area contributed by atoms with Crippen LogP contribution in [0.1, 0.15) is 23.7 Å². The van der Waals surface area contributed by atoms with E-state index >= 15 is 0 Å². The van der Waals surface area contributed by atoms with Gasteiger partial charge in [0.05, 0.1) is 13.7 Å². The van der Waals surface area contributed by atoms with Crippen LogP contribution in [0.2, 0.25) is 0 Å². The van der Waals surface area contributed by atoms with E-state index in [0.717, 1.165) is 23.2 Å². The van der Waals surface area contributed by atoms with Gasteiger partial charge < -0.3 is 9.84 Å². The monoisotopic (exact) mass is 181 g/mol. The van der Waals surface area contributed by atoms with Crippen LogP contribution in [0.3, 0.4) is 0 Å². The lowest BCUT2D eigenvalue weighted by molar-refractivity contribution is 0.271. The minimum atomic E-state index is -0.0244. The normalized spacial score (nSPS) is 10.2. The fourth-order valence-electron chi connectivity index (χ4n) is 1.32. The van der Waals surface area contributed by atoms with Crippen LogP contribution < -0.4 is 4.74 Å². The van der Waals surface area contributed by atoms with Crippen LogP contribution in [0.25, 0.3) is 0 Å². The van der Waals surface area contributed by atoms with Crippen LogP contribution >= 0.6 is 0 Å². The third kappa shape index (κ3) is 1.98. The Morgan fingerprint density at radius 3 is 2.62 bits per heavy atom. The first-order valence-corrected chi connectivity index (χ1v) is 4.37. The molecule has 0 fully saturated rings. The van der Waals surface area contributed by atoms with Gasteiger partial charge in [-0.3, -0.25) is 0 Å². The van der Waals surface area contributed by atoms with Crippen LogP contribution in [-0.2, 0) is 13.0 Å². The Morgan fingerprint density at radius 1 is 1.46 bits per heavy atom. The number of methoxy groups -OCH3 is 1. The molecule has 0 aliphatic rings. The van der Waals surface area contributed by atoms with Crippen molar-refractivity contribution in [2.45, 2.75) is 26.9 Å². The maximum absolute atomic E-state index is 9.04. The Morgan fingerprint density at radius 2 is 2.15 bits per heavy atom. The molecule has 1 aromatic heterocycles. The van der Waals surface area contributed by atoms with Crippen molar-refractivity contribution in [2.24, 2.45) is 0 Å². The zero-order valence-electron chi connectivity index (χ0n) is 8.29. The Balaban J connectivity index is 3.18. The highest BCUT2D eigenvalue weighted by atomic mass is 16.5. The molecule has 3 nitrogen and oxygen atoms in total. The van der Waals surface area contributed by atoms with E-state index < -0.39 is 0 Å². The minimum Gasteiger partial charge on any atom is -0.481 e. The van der Waals surface area contributed by atoms with Crippen molar-refractivity contribution in [3.8, 4) is 5.88 Å². The Kier molecular flexibility index (Phi) is 3.25. The molecule has 0 radical (unpaired) electrons. The molecular weight excluding hydrogens is 166 g/mol. The van der Waals surface area contributed by atoms with Gasteiger partial charge >= 0.3 is 0 Å². The molecule has 72 valence electrons. The summed E-state index contributed by atoms with van der Waals surface area (Å²) in [6.07, 6.45) is 0.926. The van der Waals surface area contributed by atoms with Gasteiger partial charge in [0.25, 0.3) is 0 Å². The van der Waals surface area contributed by atoms with Gasteiger partial charge in [-0.15, -0.1) is 0 Å². The van der Waals surface area contributed by atoms with Gasteiger partial charge in [-0.1, -0.05) is 6.92 Å². The van der Waals surface area contributed by atoms with E-state index in [0.29, 0.717) is 5.88 Å². The topological polar surface area (TPSA) is 42.4 Å². The van der Waals surface area contributed by atoms with Crippen molar-refractivity contribution in [3.05, 3.63) is 22.9 Å². The van der Waals surface area contributed by atoms with Gasteiger partial charge in [-0.2, -0.15) is 0 Å². The molecule has 0 aliphatic heterocycles. The highest BCUT2D eigenvalue weighted by molar-refractivity contribution is 5.33. The summed E-state index contributed by atoms with van der Waals surface area (Å²) in [4.78, 5) is 4.25. The first-order chi connectivity index (χ1) is 6.22. The number of nitrogens with zero attached hydrogens (tertiary/aromatic N) is 1. The SMILES string of the molecule is CCc1cc(CO)c(OC)nc1C. The largest absolute Gasteiger partial charge is 0.481 e. The van der Waals surface area contributed by atoms with Gasteiger partial charge in [0.15, 0.2) is 0 Å². The van der Waals surface area contributed by atoms with Crippen molar-refractivity contribution in [1.82, 2.24) is 4.98 Å². The minimum absolute atomic E-state index is 0.0244. The summed E-state index contributed by atoms with van der Waals surface area (Å²) in [5.74, 6) is 0.525. The number of pyridine rings is 1. The predicted molar refractivity (Wildman–Crippen MR) is 50.8 cm³/mol. The Labute approximate surface area is 78.4 Å². The molecule has 0 unspecified atom stereocenters. The second-order valence-corrected chi connectivity index (χ2v) is 2.91. The zero-order chi connectivity index (χ0) is 9.84. The van der Waals surface area contributed by atoms with Crippen molar-refractivity contribution in [1.29, 1.82) is 0 Å². The van der Waals surface area contributed by atoms with Crippen LogP contribution in [0.5, 0.6) is 5.88 Å². The van der Waals surface area contributed by atoms with Gasteiger partial charge in [0.1, 0.15) is 0 Å². The molecular formula is C10H15NO2. The molecule has 1 heterocycles. The van der Waals surface area contributed by atoms with Crippen LogP contribution in [0, 0.1) is 6.92 Å². The number of aliphatic hydroxyl groups excluding tert-OH is 1. The molecule has 0 aliphatic carbocycles. The molecule has 0 bridgehead atoms. The fraction of sp³-hybridized carbons (Fsp3) is 0.500. The van der Waals surface area contributed by atoms with Crippen molar-refractivity contribution < 1.29 is 9.84 Å². The summed E-state index contributed by atoms with van der Waals surface area (Å²) in [5.41, 5.74) is 2.88. The van der Waals surface area contributed by atoms with Crippen LogP contribution in [-0.4, -0.2) is 17.2 Å². The Hall–Kier alpha value is -1.09. The number of hydrogen-bond donors (Lipinski definition) is 1. The molecule has 0 spiro atoms. The number of hydrogen-bond acceptors (Lipinski definition) is 3. The standard InChI is InChI=1S/C10H15NO2/c1-4-8-5-9(6-12)10(13-3)11-7(8)2/h5,12H,4,6H2,1-3H3. The van der Waals surface area contributed by atoms with E-state index in [1.165, 1.54) is 0 Å². The number of aliphatic hydroxyl groups is 1. The molecule has 0 aromatic carbocycles. The maximum atomic E-state index is 9.04. The highest BCUT2D eigenvalue weighted by Gasteiger charge is 2.07. The van der Waals surface area contributed by atoms with Crippen molar-refractivity contribution in [2.75, 3.05) is 7.11 Å². The molecule has 3 heteroatoms. The van der Waals surface area contributed by atoms with Gasteiger partial charge in [0, 0.05) is 11.3 Å². The number of ether oxygens (including phenoxy) is 1. The van der Waals surface area contributed by atoms with Crippen LogP contribution in [0.4, 0.5) is 0 Å². The maximum Gasteiger partial charge on any atom is 0.218 e. The van der Waals surface area contributed by atoms with Crippen molar-refractivity contribution in [3.63, 3.8) is 0 Å². The average molecular weight is 181 g/mol. The molecule has 0 amide bonds. The van der Waals surface area contributed by atoms with E-state index in [9.17, 15) is 0 Å². The Bertz CT molecular complexity index is 297. The van der Waals surface area contributed by atoms with E-state index in [2.05, 4.69) is 11.9 Å². The summed E-state index contributed by atoms with van der Waals surface area (Å²) >= 11 is 0. The molecule has 1 rings (SSSR count). The number of rotatable bonds is 3. The van der Waals surface area contributed by atoms with Gasteiger partial charge in [-0.25, -0.2) is 4.98 Å². The smallest absolute Gasteiger partial charge is 0.218 e. The predicted octanol–water partition coefficient (Wildman–Crippen LogP) is 1.45. The van der Waals surface area contributed by atoms with Crippen LogP contribution in [0.15, 0.2) is 6.07 Å². The van der Waals surface area contributed by atoms with E-state index in [-0.39, 0.29) is 6.61 Å². The molecule has 0 saturated carbocycles. The quantitative estimate of drug-likeness (QED) is 0.767. The average Bonchev–Trinajstić information content (AvgIpc) is 2.17.